The summed E-state index contributed by atoms with van der Waals surface area (Å²) in [6.45, 7) is 1.28. The predicted octanol–water partition coefficient (Wildman–Crippen LogP) is -0.769. The molecule has 7 heteroatoms. The maximum atomic E-state index is 11.5. The lowest BCUT2D eigenvalue weighted by atomic mass is 9.97. The van der Waals surface area contributed by atoms with Crippen LogP contribution in [0.25, 0.3) is 0 Å². The largest absolute Gasteiger partial charge is 0.385 e. The molecular weight excluding hydrogens is 242 g/mol. The zero-order chi connectivity index (χ0) is 12.5. The Hall–Kier alpha value is -1.18. The fourth-order valence-corrected chi connectivity index (χ4v) is 2.41. The van der Waals surface area contributed by atoms with Gasteiger partial charge >= 0.3 is 0 Å². The Kier molecular flexibility index (Phi) is 3.07. The monoisotopic (exact) mass is 257 g/mol. The van der Waals surface area contributed by atoms with Crippen molar-refractivity contribution in [3.05, 3.63) is 18.3 Å². The summed E-state index contributed by atoms with van der Waals surface area (Å²) in [4.78, 5) is 4.13. The highest BCUT2D eigenvalue weighted by atomic mass is 32.2. The van der Waals surface area contributed by atoms with Gasteiger partial charge in [0.05, 0.1) is 0 Å². The van der Waals surface area contributed by atoms with Gasteiger partial charge in [0.25, 0.3) is 0 Å². The van der Waals surface area contributed by atoms with Crippen LogP contribution in [0, 0.1) is 0 Å². The van der Waals surface area contributed by atoms with Crippen LogP contribution in [0.1, 0.15) is 0 Å². The number of nitrogens with zero attached hydrogens (tertiary/aromatic N) is 1. The van der Waals surface area contributed by atoms with Crippen molar-refractivity contribution in [2.75, 3.05) is 31.2 Å². The number of nitrogens with one attached hydrogen (secondary N) is 2. The van der Waals surface area contributed by atoms with Crippen LogP contribution in [0.5, 0.6) is 0 Å². The van der Waals surface area contributed by atoms with Crippen molar-refractivity contribution in [1.82, 2.24) is 10.3 Å². The summed E-state index contributed by atoms with van der Waals surface area (Å²) < 4.78 is 23.0. The molecule has 0 atom stereocenters. The van der Waals surface area contributed by atoms with Gasteiger partial charge in [-0.1, -0.05) is 0 Å². The summed E-state index contributed by atoms with van der Waals surface area (Å²) in [5.74, 6) is 0.287. The van der Waals surface area contributed by atoms with Gasteiger partial charge < -0.3 is 15.7 Å². The molecule has 0 saturated carbocycles. The lowest BCUT2D eigenvalue weighted by Gasteiger charge is -2.37. The van der Waals surface area contributed by atoms with Gasteiger partial charge in [-0.25, -0.2) is 13.4 Å². The van der Waals surface area contributed by atoms with Crippen LogP contribution in [0.2, 0.25) is 0 Å². The molecular formula is C10H15N3O3S. The molecule has 1 aliphatic heterocycles. The molecule has 0 aliphatic carbocycles. The molecule has 2 heterocycles. The quantitative estimate of drug-likeness (QED) is 0.656. The average Bonchev–Trinajstić information content (AvgIpc) is 2.23. The number of rotatable bonds is 4. The van der Waals surface area contributed by atoms with E-state index in [1.54, 1.807) is 6.07 Å². The maximum Gasteiger partial charge on any atom is 0.179 e. The minimum Gasteiger partial charge on any atom is -0.385 e. The van der Waals surface area contributed by atoms with Crippen molar-refractivity contribution in [2.24, 2.45) is 0 Å². The van der Waals surface area contributed by atoms with Gasteiger partial charge in [0, 0.05) is 32.1 Å². The Bertz CT molecular complexity index is 511. The topological polar surface area (TPSA) is 91.3 Å². The van der Waals surface area contributed by atoms with E-state index < -0.39 is 15.4 Å². The zero-order valence-corrected chi connectivity index (χ0v) is 10.3. The zero-order valence-electron chi connectivity index (χ0n) is 9.47. The number of anilines is 1. The summed E-state index contributed by atoms with van der Waals surface area (Å²) in [6.07, 6.45) is 2.65. The van der Waals surface area contributed by atoms with Gasteiger partial charge in [-0.3, -0.25) is 0 Å². The van der Waals surface area contributed by atoms with Gasteiger partial charge in [-0.2, -0.15) is 0 Å². The molecule has 94 valence electrons. The van der Waals surface area contributed by atoms with Crippen LogP contribution in [0.4, 0.5) is 5.82 Å². The smallest absolute Gasteiger partial charge is 0.179 e. The second-order valence-electron chi connectivity index (χ2n) is 4.30. The third-order valence-electron chi connectivity index (χ3n) is 2.66. The number of hydrogen-bond acceptors (Lipinski definition) is 6. The molecule has 0 spiro atoms. The highest BCUT2D eigenvalue weighted by Crippen LogP contribution is 2.19. The van der Waals surface area contributed by atoms with Crippen molar-refractivity contribution < 1.29 is 13.5 Å². The summed E-state index contributed by atoms with van der Waals surface area (Å²) in [5, 5.41) is 15.7. The third-order valence-corrected chi connectivity index (χ3v) is 3.79. The van der Waals surface area contributed by atoms with Gasteiger partial charge in [-0.15, -0.1) is 0 Å². The Labute approximate surface area is 100.0 Å². The van der Waals surface area contributed by atoms with Crippen molar-refractivity contribution in [3.8, 4) is 0 Å². The average molecular weight is 257 g/mol. The maximum absolute atomic E-state index is 11.5. The fourth-order valence-electron chi connectivity index (χ4n) is 1.61. The van der Waals surface area contributed by atoms with Crippen molar-refractivity contribution >= 4 is 15.7 Å². The van der Waals surface area contributed by atoms with E-state index in [0.717, 1.165) is 6.26 Å². The van der Waals surface area contributed by atoms with Gasteiger partial charge in [0.1, 0.15) is 16.3 Å². The molecule has 1 aromatic rings. The number of pyridine rings is 1. The number of aliphatic hydroxyl groups is 1. The predicted molar refractivity (Wildman–Crippen MR) is 63.7 cm³/mol. The first-order chi connectivity index (χ1) is 7.91. The van der Waals surface area contributed by atoms with E-state index in [1.807, 2.05) is 0 Å². The molecule has 1 saturated heterocycles. The van der Waals surface area contributed by atoms with Crippen LogP contribution in [-0.2, 0) is 9.84 Å². The normalized spacial score (nSPS) is 18.5. The van der Waals surface area contributed by atoms with Crippen LogP contribution in [0.3, 0.4) is 0 Å². The highest BCUT2D eigenvalue weighted by Gasteiger charge is 2.34. The molecule has 6 nitrogen and oxygen atoms in total. The molecule has 0 bridgehead atoms. The molecule has 3 N–H and O–H groups in total. The lowest BCUT2D eigenvalue weighted by Crippen LogP contribution is -2.63. The van der Waals surface area contributed by atoms with Gasteiger partial charge in [0.2, 0.25) is 0 Å². The molecule has 0 radical (unpaired) electrons. The van der Waals surface area contributed by atoms with E-state index in [1.165, 1.54) is 12.3 Å². The molecule has 1 aromatic heterocycles. The molecule has 0 amide bonds. The molecule has 17 heavy (non-hydrogen) atoms. The van der Waals surface area contributed by atoms with Crippen molar-refractivity contribution in [1.29, 1.82) is 0 Å². The summed E-state index contributed by atoms with van der Waals surface area (Å²) in [6, 6.07) is 3.06. The van der Waals surface area contributed by atoms with Gasteiger partial charge in [-0.05, 0) is 12.1 Å². The van der Waals surface area contributed by atoms with E-state index in [4.69, 9.17) is 0 Å². The van der Waals surface area contributed by atoms with E-state index >= 15 is 0 Å². The molecule has 1 aliphatic rings. The Morgan fingerprint density at radius 2 is 2.29 bits per heavy atom. The fraction of sp³-hybridized carbons (Fsp3) is 0.500. The lowest BCUT2D eigenvalue weighted by molar-refractivity contribution is 0.00301. The SMILES string of the molecule is CS(=O)(=O)c1cccnc1NCC1(O)CNC1. The minimum absolute atomic E-state index is 0.149. The first kappa shape index (κ1) is 12.3. The second-order valence-corrected chi connectivity index (χ2v) is 6.29. The van der Waals surface area contributed by atoms with Crippen LogP contribution in [-0.4, -0.2) is 50.0 Å². The molecule has 2 rings (SSSR count). The van der Waals surface area contributed by atoms with Crippen molar-refractivity contribution in [2.45, 2.75) is 10.5 Å². The number of aromatic nitrogens is 1. The Morgan fingerprint density at radius 1 is 1.59 bits per heavy atom. The summed E-state index contributed by atoms with van der Waals surface area (Å²) >= 11 is 0. The van der Waals surface area contributed by atoms with E-state index in [-0.39, 0.29) is 17.3 Å². The van der Waals surface area contributed by atoms with Gasteiger partial charge in [0.15, 0.2) is 9.84 Å². The molecule has 1 fully saturated rings. The Balaban J connectivity index is 2.16. The van der Waals surface area contributed by atoms with Crippen LogP contribution < -0.4 is 10.6 Å². The van der Waals surface area contributed by atoms with E-state index in [2.05, 4.69) is 15.6 Å². The molecule has 0 aromatic carbocycles. The van der Waals surface area contributed by atoms with Crippen LogP contribution in [0.15, 0.2) is 23.2 Å². The highest BCUT2D eigenvalue weighted by molar-refractivity contribution is 7.90. The molecule has 0 unspecified atom stereocenters. The number of β-amino-alcohol motifs (C(OH)–C–C–N with tert-alkyl or cyclic N) is 1. The number of hydrogen-bond donors (Lipinski definition) is 3. The standard InChI is InChI=1S/C10H15N3O3S/c1-17(15,16)8-3-2-4-12-9(8)13-7-10(14)5-11-6-10/h2-4,11,14H,5-7H2,1H3,(H,12,13). The summed E-state index contributed by atoms with van der Waals surface area (Å²) in [5.41, 5.74) is -0.813. The Morgan fingerprint density at radius 3 is 2.82 bits per heavy atom. The second kappa shape index (κ2) is 4.25. The first-order valence-electron chi connectivity index (χ1n) is 5.23. The van der Waals surface area contributed by atoms with E-state index in [0.29, 0.717) is 13.1 Å². The van der Waals surface area contributed by atoms with Crippen molar-refractivity contribution in [3.63, 3.8) is 0 Å². The van der Waals surface area contributed by atoms with E-state index in [9.17, 15) is 13.5 Å². The summed E-state index contributed by atoms with van der Waals surface area (Å²) in [7, 11) is -3.31. The first-order valence-corrected chi connectivity index (χ1v) is 7.12. The van der Waals surface area contributed by atoms with Crippen LogP contribution >= 0.6 is 0 Å². The third kappa shape index (κ3) is 2.74. The number of sulfone groups is 1. The minimum atomic E-state index is -3.31.